The standard InChI is InChI=1S/C22H27N3O/c23-12-4-13-24-14-16-25(17-15-24)19-21-7-9-22(10-8-21)26-18-11-20-5-2-1-3-6-20/h1-3,5-10H,4,11,13-19H2. The van der Waals surface area contributed by atoms with Gasteiger partial charge in [0.05, 0.1) is 12.7 Å². The number of rotatable bonds is 8. The maximum Gasteiger partial charge on any atom is 0.119 e. The molecule has 0 amide bonds. The number of benzene rings is 2. The molecular formula is C22H27N3O. The molecule has 1 fully saturated rings. The van der Waals surface area contributed by atoms with Crippen LogP contribution in [0.2, 0.25) is 0 Å². The molecule has 0 N–H and O–H groups in total. The lowest BCUT2D eigenvalue weighted by molar-refractivity contribution is 0.129. The monoisotopic (exact) mass is 349 g/mol. The van der Waals surface area contributed by atoms with Crippen LogP contribution >= 0.6 is 0 Å². The molecule has 1 heterocycles. The zero-order chi connectivity index (χ0) is 18.0. The van der Waals surface area contributed by atoms with Crippen molar-refractivity contribution in [2.45, 2.75) is 19.4 Å². The maximum atomic E-state index is 8.68. The first-order chi connectivity index (χ1) is 12.8. The van der Waals surface area contributed by atoms with Crippen LogP contribution in [0.1, 0.15) is 17.5 Å². The molecule has 0 bridgehead atoms. The van der Waals surface area contributed by atoms with Crippen LogP contribution in [0.4, 0.5) is 0 Å². The van der Waals surface area contributed by atoms with Crippen molar-refractivity contribution in [1.29, 1.82) is 5.26 Å². The van der Waals surface area contributed by atoms with Gasteiger partial charge in [0, 0.05) is 52.1 Å². The highest BCUT2D eigenvalue weighted by molar-refractivity contribution is 5.27. The van der Waals surface area contributed by atoms with Crippen molar-refractivity contribution in [3.63, 3.8) is 0 Å². The van der Waals surface area contributed by atoms with Crippen LogP contribution in [0, 0.1) is 11.3 Å². The van der Waals surface area contributed by atoms with E-state index in [2.05, 4.69) is 64.4 Å². The van der Waals surface area contributed by atoms with Crippen molar-refractivity contribution in [3.05, 3.63) is 65.7 Å². The van der Waals surface area contributed by atoms with E-state index >= 15 is 0 Å². The molecule has 4 nitrogen and oxygen atoms in total. The molecule has 0 aromatic heterocycles. The summed E-state index contributed by atoms with van der Waals surface area (Å²) in [7, 11) is 0. The van der Waals surface area contributed by atoms with Crippen LogP contribution in [0.15, 0.2) is 54.6 Å². The number of nitriles is 1. The van der Waals surface area contributed by atoms with E-state index in [1.165, 1.54) is 11.1 Å². The first kappa shape index (κ1) is 18.4. The molecule has 0 saturated carbocycles. The van der Waals surface area contributed by atoms with Gasteiger partial charge in [0.25, 0.3) is 0 Å². The molecule has 4 heteroatoms. The largest absolute Gasteiger partial charge is 0.493 e. The van der Waals surface area contributed by atoms with E-state index in [4.69, 9.17) is 10.00 Å². The van der Waals surface area contributed by atoms with Gasteiger partial charge in [-0.25, -0.2) is 0 Å². The van der Waals surface area contributed by atoms with E-state index in [0.717, 1.165) is 51.4 Å². The quantitative estimate of drug-likeness (QED) is 0.733. The fourth-order valence-electron chi connectivity index (χ4n) is 3.26. The van der Waals surface area contributed by atoms with E-state index < -0.39 is 0 Å². The molecule has 1 saturated heterocycles. The number of hydrogen-bond donors (Lipinski definition) is 0. The normalized spacial score (nSPS) is 15.5. The fourth-order valence-corrected chi connectivity index (χ4v) is 3.26. The molecule has 2 aromatic carbocycles. The third-order valence-corrected chi connectivity index (χ3v) is 4.84. The van der Waals surface area contributed by atoms with Crippen LogP contribution in [-0.4, -0.2) is 49.1 Å². The smallest absolute Gasteiger partial charge is 0.119 e. The lowest BCUT2D eigenvalue weighted by atomic mass is 10.1. The summed E-state index contributed by atoms with van der Waals surface area (Å²) in [6.07, 6.45) is 1.56. The van der Waals surface area contributed by atoms with Crippen LogP contribution < -0.4 is 4.74 Å². The summed E-state index contributed by atoms with van der Waals surface area (Å²) in [6, 6.07) is 21.1. The van der Waals surface area contributed by atoms with E-state index in [0.29, 0.717) is 13.0 Å². The molecule has 0 aliphatic carbocycles. The van der Waals surface area contributed by atoms with Gasteiger partial charge in [-0.2, -0.15) is 5.26 Å². The average Bonchev–Trinajstić information content (AvgIpc) is 2.70. The van der Waals surface area contributed by atoms with Crippen LogP contribution in [-0.2, 0) is 13.0 Å². The molecular weight excluding hydrogens is 322 g/mol. The minimum atomic E-state index is 0.631. The summed E-state index contributed by atoms with van der Waals surface area (Å²) < 4.78 is 5.86. The van der Waals surface area contributed by atoms with Gasteiger partial charge in [-0.05, 0) is 23.3 Å². The molecule has 1 aliphatic heterocycles. The summed E-state index contributed by atoms with van der Waals surface area (Å²) in [5.74, 6) is 0.936. The summed E-state index contributed by atoms with van der Waals surface area (Å²) in [4.78, 5) is 4.86. The van der Waals surface area contributed by atoms with Crippen molar-refractivity contribution in [3.8, 4) is 11.8 Å². The summed E-state index contributed by atoms with van der Waals surface area (Å²) in [5, 5.41) is 8.68. The van der Waals surface area contributed by atoms with Crippen molar-refractivity contribution >= 4 is 0 Å². The predicted molar refractivity (Wildman–Crippen MR) is 104 cm³/mol. The topological polar surface area (TPSA) is 39.5 Å². The Bertz CT molecular complexity index is 686. The Hall–Kier alpha value is -2.35. The van der Waals surface area contributed by atoms with Gasteiger partial charge in [-0.1, -0.05) is 42.5 Å². The second kappa shape index (κ2) is 9.96. The van der Waals surface area contributed by atoms with E-state index in [1.54, 1.807) is 0 Å². The van der Waals surface area contributed by atoms with Crippen molar-refractivity contribution in [2.24, 2.45) is 0 Å². The average molecular weight is 349 g/mol. The molecule has 2 aromatic rings. The van der Waals surface area contributed by atoms with E-state index in [9.17, 15) is 0 Å². The van der Waals surface area contributed by atoms with Gasteiger partial charge < -0.3 is 4.74 Å². The minimum absolute atomic E-state index is 0.631. The lowest BCUT2D eigenvalue weighted by Gasteiger charge is -2.34. The number of ether oxygens (including phenoxy) is 1. The molecule has 3 rings (SSSR count). The highest BCUT2D eigenvalue weighted by Gasteiger charge is 2.16. The third kappa shape index (κ3) is 5.87. The summed E-state index contributed by atoms with van der Waals surface area (Å²) in [5.41, 5.74) is 2.63. The first-order valence-electron chi connectivity index (χ1n) is 9.41. The van der Waals surface area contributed by atoms with E-state index in [1.807, 2.05) is 6.07 Å². The zero-order valence-corrected chi connectivity index (χ0v) is 15.3. The Kier molecular flexibility index (Phi) is 7.06. The number of nitrogens with zero attached hydrogens (tertiary/aromatic N) is 3. The van der Waals surface area contributed by atoms with Gasteiger partial charge in [-0.15, -0.1) is 0 Å². The second-order valence-electron chi connectivity index (χ2n) is 6.75. The highest BCUT2D eigenvalue weighted by Crippen LogP contribution is 2.15. The second-order valence-corrected chi connectivity index (χ2v) is 6.75. The number of hydrogen-bond acceptors (Lipinski definition) is 4. The molecule has 136 valence electrons. The zero-order valence-electron chi connectivity index (χ0n) is 15.3. The Balaban J connectivity index is 1.39. The van der Waals surface area contributed by atoms with Crippen molar-refractivity contribution in [2.75, 3.05) is 39.3 Å². The maximum absolute atomic E-state index is 8.68. The third-order valence-electron chi connectivity index (χ3n) is 4.84. The molecule has 0 atom stereocenters. The summed E-state index contributed by atoms with van der Waals surface area (Å²) >= 11 is 0. The van der Waals surface area contributed by atoms with Crippen molar-refractivity contribution < 1.29 is 4.74 Å². The Morgan fingerprint density at radius 3 is 2.23 bits per heavy atom. The molecule has 0 unspecified atom stereocenters. The molecule has 0 spiro atoms. The predicted octanol–water partition coefficient (Wildman–Crippen LogP) is 3.34. The SMILES string of the molecule is N#CCCN1CCN(Cc2ccc(OCCc3ccccc3)cc2)CC1. The van der Waals surface area contributed by atoms with Gasteiger partial charge in [-0.3, -0.25) is 9.80 Å². The van der Waals surface area contributed by atoms with Gasteiger partial charge in [0.15, 0.2) is 0 Å². The Morgan fingerprint density at radius 1 is 0.846 bits per heavy atom. The molecule has 1 aliphatic rings. The van der Waals surface area contributed by atoms with Gasteiger partial charge >= 0.3 is 0 Å². The van der Waals surface area contributed by atoms with Gasteiger partial charge in [0.1, 0.15) is 5.75 Å². The Morgan fingerprint density at radius 2 is 1.54 bits per heavy atom. The van der Waals surface area contributed by atoms with Crippen LogP contribution in [0.25, 0.3) is 0 Å². The van der Waals surface area contributed by atoms with Gasteiger partial charge in [0.2, 0.25) is 0 Å². The fraction of sp³-hybridized carbons (Fsp3) is 0.409. The molecule has 26 heavy (non-hydrogen) atoms. The van der Waals surface area contributed by atoms with Crippen LogP contribution in [0.3, 0.4) is 0 Å². The lowest BCUT2D eigenvalue weighted by Crippen LogP contribution is -2.46. The summed E-state index contributed by atoms with van der Waals surface area (Å²) in [6.45, 7) is 6.84. The van der Waals surface area contributed by atoms with Crippen molar-refractivity contribution in [1.82, 2.24) is 9.80 Å². The minimum Gasteiger partial charge on any atom is -0.493 e. The Labute approximate surface area is 156 Å². The molecule has 0 radical (unpaired) electrons. The first-order valence-corrected chi connectivity index (χ1v) is 9.41. The van der Waals surface area contributed by atoms with Crippen LogP contribution in [0.5, 0.6) is 5.75 Å². The highest BCUT2D eigenvalue weighted by atomic mass is 16.5. The van der Waals surface area contributed by atoms with E-state index in [-0.39, 0.29) is 0 Å². The number of piperazine rings is 1.